The van der Waals surface area contributed by atoms with Crippen LogP contribution in [0.15, 0.2) is 18.2 Å². The van der Waals surface area contributed by atoms with Gasteiger partial charge in [-0.3, -0.25) is 10.1 Å². The summed E-state index contributed by atoms with van der Waals surface area (Å²) >= 11 is 0. The highest BCUT2D eigenvalue weighted by Crippen LogP contribution is 2.57. The largest absolute Gasteiger partial charge is 0.316 e. The number of nitro benzene ring substituents is 1. The molecule has 0 radical (unpaired) electrons. The summed E-state index contributed by atoms with van der Waals surface area (Å²) in [7, 11) is 0. The van der Waals surface area contributed by atoms with Crippen LogP contribution in [-0.4, -0.2) is 10.8 Å². The lowest BCUT2D eigenvalue weighted by atomic mass is 10.0. The maximum absolute atomic E-state index is 13.0. The van der Waals surface area contributed by atoms with Crippen LogP contribution in [0.3, 0.4) is 0 Å². The van der Waals surface area contributed by atoms with Crippen LogP contribution in [0.2, 0.25) is 0 Å². The minimum absolute atomic E-state index is 0.0867. The summed E-state index contributed by atoms with van der Waals surface area (Å²) in [6.45, 7) is 1.51. The number of hydrogen-bond acceptors (Lipinski definition) is 3. The molecule has 0 heterocycles. The molecule has 1 aromatic carbocycles. The lowest BCUT2D eigenvalue weighted by Gasteiger charge is -2.11. The zero-order valence-corrected chi connectivity index (χ0v) is 8.54. The van der Waals surface area contributed by atoms with Gasteiger partial charge in [-0.2, -0.15) is 0 Å². The molecule has 2 rings (SSSR count). The Morgan fingerprint density at radius 2 is 2.06 bits per heavy atom. The Labute approximate surface area is 90.2 Å². The van der Waals surface area contributed by atoms with Crippen LogP contribution in [0, 0.1) is 17.0 Å². The Hall–Kier alpha value is -1.56. The fourth-order valence-electron chi connectivity index (χ4n) is 1.76. The first-order valence-corrected chi connectivity index (χ1v) is 4.70. The molecule has 1 unspecified atom stereocenters. The highest BCUT2D eigenvalue weighted by molar-refractivity contribution is 5.47. The normalized spacial score (nSPS) is 26.5. The summed E-state index contributed by atoms with van der Waals surface area (Å²) in [5, 5.41) is 10.6. The fraction of sp³-hybridized carbons (Fsp3) is 0.400. The minimum atomic E-state index is -2.91. The third kappa shape index (κ3) is 1.37. The van der Waals surface area contributed by atoms with Crippen molar-refractivity contribution in [2.24, 2.45) is 5.73 Å². The van der Waals surface area contributed by atoms with E-state index in [0.717, 1.165) is 0 Å². The van der Waals surface area contributed by atoms with E-state index >= 15 is 0 Å². The van der Waals surface area contributed by atoms with E-state index in [0.29, 0.717) is 5.56 Å². The van der Waals surface area contributed by atoms with Crippen LogP contribution in [0.4, 0.5) is 14.5 Å². The molecule has 1 aliphatic rings. The number of aryl methyl sites for hydroxylation is 1. The molecule has 1 aromatic rings. The van der Waals surface area contributed by atoms with Crippen molar-refractivity contribution in [2.75, 3.05) is 0 Å². The second-order valence-corrected chi connectivity index (χ2v) is 4.11. The van der Waals surface area contributed by atoms with E-state index in [4.69, 9.17) is 5.73 Å². The summed E-state index contributed by atoms with van der Waals surface area (Å²) in [6.07, 6.45) is -0.406. The quantitative estimate of drug-likeness (QED) is 0.622. The number of nitrogens with zero attached hydrogens (tertiary/aromatic N) is 1. The van der Waals surface area contributed by atoms with Gasteiger partial charge in [-0.25, -0.2) is 8.78 Å². The van der Waals surface area contributed by atoms with Crippen molar-refractivity contribution < 1.29 is 13.7 Å². The third-order valence-corrected chi connectivity index (χ3v) is 2.94. The molecule has 2 N–H and O–H groups in total. The zero-order chi connectivity index (χ0) is 12.1. The van der Waals surface area contributed by atoms with Gasteiger partial charge >= 0.3 is 0 Å². The Morgan fingerprint density at radius 1 is 1.50 bits per heavy atom. The monoisotopic (exact) mass is 228 g/mol. The van der Waals surface area contributed by atoms with E-state index in [1.165, 1.54) is 25.1 Å². The van der Waals surface area contributed by atoms with Crippen molar-refractivity contribution in [3.05, 3.63) is 39.4 Å². The molecule has 86 valence electrons. The molecule has 0 aliphatic heterocycles. The van der Waals surface area contributed by atoms with Crippen LogP contribution < -0.4 is 5.73 Å². The van der Waals surface area contributed by atoms with Gasteiger partial charge in [0.25, 0.3) is 11.6 Å². The fourth-order valence-corrected chi connectivity index (χ4v) is 1.76. The number of benzene rings is 1. The van der Waals surface area contributed by atoms with E-state index in [2.05, 4.69) is 0 Å². The average molecular weight is 228 g/mol. The van der Waals surface area contributed by atoms with Crippen LogP contribution in [0.25, 0.3) is 0 Å². The molecule has 0 saturated heterocycles. The minimum Gasteiger partial charge on any atom is -0.316 e. The van der Waals surface area contributed by atoms with Crippen molar-refractivity contribution in [2.45, 2.75) is 24.8 Å². The standard InChI is InChI=1S/C10H10F2N2O2/c1-6-4-7(2-3-8(6)14(15)16)9(13)5-10(9,11)12/h2-4H,5,13H2,1H3. The van der Waals surface area contributed by atoms with E-state index in [9.17, 15) is 18.9 Å². The highest BCUT2D eigenvalue weighted by Gasteiger charge is 2.69. The molecule has 1 atom stereocenters. The molecule has 6 heteroatoms. The van der Waals surface area contributed by atoms with E-state index in [-0.39, 0.29) is 11.3 Å². The smallest absolute Gasteiger partial charge is 0.272 e. The average Bonchev–Trinajstić information content (AvgIpc) is 2.66. The van der Waals surface area contributed by atoms with Gasteiger partial charge in [0.05, 0.1) is 4.92 Å². The van der Waals surface area contributed by atoms with Crippen LogP contribution in [-0.2, 0) is 5.54 Å². The first kappa shape index (κ1) is 10.9. The molecule has 0 aromatic heterocycles. The molecular formula is C10H10F2N2O2. The summed E-state index contributed by atoms with van der Waals surface area (Å²) in [4.78, 5) is 10.0. The van der Waals surface area contributed by atoms with E-state index < -0.39 is 22.8 Å². The SMILES string of the molecule is Cc1cc(C2(N)CC2(F)F)ccc1[N+](=O)[O-]. The molecule has 1 saturated carbocycles. The molecular weight excluding hydrogens is 218 g/mol. The van der Waals surface area contributed by atoms with E-state index in [1.807, 2.05) is 0 Å². The Morgan fingerprint density at radius 3 is 2.44 bits per heavy atom. The number of hydrogen-bond donors (Lipinski definition) is 1. The van der Waals surface area contributed by atoms with E-state index in [1.54, 1.807) is 0 Å². The van der Waals surface area contributed by atoms with Gasteiger partial charge in [-0.15, -0.1) is 0 Å². The molecule has 1 aliphatic carbocycles. The Kier molecular flexibility index (Phi) is 2.03. The maximum Gasteiger partial charge on any atom is 0.272 e. The maximum atomic E-state index is 13.0. The van der Waals surface area contributed by atoms with Gasteiger partial charge in [-0.1, -0.05) is 6.07 Å². The summed E-state index contributed by atoms with van der Waals surface area (Å²) < 4.78 is 26.0. The van der Waals surface area contributed by atoms with Crippen molar-refractivity contribution in [3.63, 3.8) is 0 Å². The van der Waals surface area contributed by atoms with Crippen molar-refractivity contribution >= 4 is 5.69 Å². The molecule has 16 heavy (non-hydrogen) atoms. The second-order valence-electron chi connectivity index (χ2n) is 4.11. The number of rotatable bonds is 2. The summed E-state index contributed by atoms with van der Waals surface area (Å²) in [6, 6.07) is 3.87. The van der Waals surface area contributed by atoms with Gasteiger partial charge in [-0.05, 0) is 18.6 Å². The Bertz CT molecular complexity index is 476. The molecule has 1 fully saturated rings. The zero-order valence-electron chi connectivity index (χ0n) is 8.54. The topological polar surface area (TPSA) is 69.2 Å². The summed E-state index contributed by atoms with van der Waals surface area (Å²) in [5.74, 6) is -2.91. The predicted molar refractivity (Wildman–Crippen MR) is 53.3 cm³/mol. The van der Waals surface area contributed by atoms with Gasteiger partial charge < -0.3 is 5.73 Å². The molecule has 0 amide bonds. The summed E-state index contributed by atoms with van der Waals surface area (Å²) in [5.41, 5.74) is 4.38. The van der Waals surface area contributed by atoms with Crippen LogP contribution in [0.5, 0.6) is 0 Å². The van der Waals surface area contributed by atoms with Gasteiger partial charge in [0.1, 0.15) is 5.54 Å². The first-order chi connectivity index (χ1) is 7.28. The van der Waals surface area contributed by atoms with Crippen molar-refractivity contribution in [1.82, 2.24) is 0 Å². The number of alkyl halides is 2. The van der Waals surface area contributed by atoms with Crippen molar-refractivity contribution in [1.29, 1.82) is 0 Å². The molecule has 0 bridgehead atoms. The first-order valence-electron chi connectivity index (χ1n) is 4.70. The number of nitrogens with two attached hydrogens (primary N) is 1. The number of nitro groups is 1. The van der Waals surface area contributed by atoms with Gasteiger partial charge in [0.2, 0.25) is 0 Å². The number of halogens is 2. The lowest BCUT2D eigenvalue weighted by molar-refractivity contribution is -0.385. The third-order valence-electron chi connectivity index (χ3n) is 2.94. The van der Waals surface area contributed by atoms with Crippen LogP contribution in [0.1, 0.15) is 17.5 Å². The van der Waals surface area contributed by atoms with Crippen LogP contribution >= 0.6 is 0 Å². The lowest BCUT2D eigenvalue weighted by Crippen LogP contribution is -2.27. The second kappa shape index (κ2) is 2.98. The molecule has 0 spiro atoms. The van der Waals surface area contributed by atoms with Gasteiger partial charge in [0.15, 0.2) is 0 Å². The Balaban J connectivity index is 2.41. The highest BCUT2D eigenvalue weighted by atomic mass is 19.3. The predicted octanol–water partition coefficient (Wildman–Crippen LogP) is 2.10. The molecule has 4 nitrogen and oxygen atoms in total. The van der Waals surface area contributed by atoms with Crippen molar-refractivity contribution in [3.8, 4) is 0 Å². The van der Waals surface area contributed by atoms with Gasteiger partial charge in [0, 0.05) is 18.1 Å².